The van der Waals surface area contributed by atoms with Crippen molar-refractivity contribution in [3.63, 3.8) is 0 Å². The highest BCUT2D eigenvalue weighted by Crippen LogP contribution is 2.34. The zero-order chi connectivity index (χ0) is 26.7. The second-order valence-electron chi connectivity index (χ2n) is 10.5. The van der Waals surface area contributed by atoms with Crippen LogP contribution in [0.4, 0.5) is 0 Å². The van der Waals surface area contributed by atoms with Crippen LogP contribution in [-0.2, 0) is 4.84 Å². The van der Waals surface area contributed by atoms with E-state index in [0.717, 1.165) is 77.7 Å². The Kier molecular flexibility index (Phi) is 8.00. The summed E-state index contributed by atoms with van der Waals surface area (Å²) < 4.78 is 2.13. The molecule has 8 heteroatoms. The van der Waals surface area contributed by atoms with E-state index < -0.39 is 0 Å². The Balaban J connectivity index is 1.22. The molecule has 1 aromatic heterocycles. The van der Waals surface area contributed by atoms with Gasteiger partial charge in [-0.1, -0.05) is 39.3 Å². The van der Waals surface area contributed by atoms with Crippen molar-refractivity contribution in [1.82, 2.24) is 9.80 Å². The average molecular weight is 581 g/mol. The standard InChI is InChI=1S/C30H36BrN4O3/c1-3-38-32-28(22-9-11-24(31)12-10-22)23-13-18-34(19-14-23)30(2)15-20-33(21-16-30)29(36)26-6-4-8-27-25(26)7-5-17-35(27)37/h4-12,17,23,37H,3,13-16,18-21H2,1-2H3/q+1. The van der Waals surface area contributed by atoms with E-state index in [1.807, 2.05) is 36.1 Å². The fraction of sp³-hybridized carbons (Fsp3) is 0.433. The second kappa shape index (κ2) is 11.4. The van der Waals surface area contributed by atoms with Crippen LogP contribution in [-0.4, -0.2) is 65.0 Å². The van der Waals surface area contributed by atoms with E-state index >= 15 is 0 Å². The summed E-state index contributed by atoms with van der Waals surface area (Å²) in [5.41, 5.74) is 3.52. The first-order valence-corrected chi connectivity index (χ1v) is 14.3. The van der Waals surface area contributed by atoms with Gasteiger partial charge in [0.1, 0.15) is 6.61 Å². The molecule has 0 atom stereocenters. The maximum atomic E-state index is 13.5. The Labute approximate surface area is 232 Å². The zero-order valence-corrected chi connectivity index (χ0v) is 23.7. The van der Waals surface area contributed by atoms with Crippen molar-refractivity contribution in [3.8, 4) is 0 Å². The number of halogens is 1. The van der Waals surface area contributed by atoms with Crippen molar-refractivity contribution in [2.45, 2.75) is 45.1 Å². The molecule has 0 aliphatic carbocycles. The van der Waals surface area contributed by atoms with Crippen LogP contribution in [0.5, 0.6) is 0 Å². The number of aromatic nitrogens is 1. The summed E-state index contributed by atoms with van der Waals surface area (Å²) in [4.78, 5) is 23.6. The highest BCUT2D eigenvalue weighted by atomic mass is 79.9. The van der Waals surface area contributed by atoms with Gasteiger partial charge >= 0.3 is 0 Å². The van der Waals surface area contributed by atoms with E-state index in [1.54, 1.807) is 12.3 Å². The molecule has 3 heterocycles. The van der Waals surface area contributed by atoms with Crippen molar-refractivity contribution in [2.24, 2.45) is 11.1 Å². The normalized spacial score (nSPS) is 19.0. The number of oxime groups is 1. The summed E-state index contributed by atoms with van der Waals surface area (Å²) in [6.07, 6.45) is 5.55. The highest BCUT2D eigenvalue weighted by molar-refractivity contribution is 9.10. The number of fused-ring (bicyclic) bond motifs is 1. The van der Waals surface area contributed by atoms with Crippen molar-refractivity contribution < 1.29 is 19.6 Å². The number of carbonyl (C=O) groups is 1. The Morgan fingerprint density at radius 1 is 1.08 bits per heavy atom. The lowest BCUT2D eigenvalue weighted by atomic mass is 9.82. The van der Waals surface area contributed by atoms with Gasteiger partial charge in [0.05, 0.1) is 16.7 Å². The third-order valence-corrected chi connectivity index (χ3v) is 8.78. The van der Waals surface area contributed by atoms with Gasteiger partial charge in [0.2, 0.25) is 6.20 Å². The van der Waals surface area contributed by atoms with E-state index in [4.69, 9.17) is 4.84 Å². The Bertz CT molecular complexity index is 1310. The molecule has 2 saturated heterocycles. The highest BCUT2D eigenvalue weighted by Gasteiger charge is 2.39. The zero-order valence-electron chi connectivity index (χ0n) is 22.1. The third kappa shape index (κ3) is 5.43. The average Bonchev–Trinajstić information content (AvgIpc) is 2.94. The molecule has 5 rings (SSSR count). The van der Waals surface area contributed by atoms with Gasteiger partial charge in [-0.05, 0) is 82.4 Å². The first kappa shape index (κ1) is 26.6. The smallest absolute Gasteiger partial charge is 0.265 e. The minimum atomic E-state index is 0.0360. The number of hydrogen-bond acceptors (Lipinski definition) is 5. The van der Waals surface area contributed by atoms with E-state index in [2.05, 4.69) is 57.2 Å². The number of carbonyl (C=O) groups excluding carboxylic acids is 1. The summed E-state index contributed by atoms with van der Waals surface area (Å²) in [6.45, 7) is 8.36. The van der Waals surface area contributed by atoms with Crippen molar-refractivity contribution in [2.75, 3.05) is 32.8 Å². The maximum Gasteiger partial charge on any atom is 0.265 e. The molecule has 0 radical (unpaired) electrons. The van der Waals surface area contributed by atoms with Gasteiger partial charge < -0.3 is 9.74 Å². The quantitative estimate of drug-likeness (QED) is 0.187. The molecule has 2 fully saturated rings. The molecule has 3 aromatic rings. The molecule has 0 bridgehead atoms. The van der Waals surface area contributed by atoms with E-state index in [1.165, 1.54) is 0 Å². The number of piperidine rings is 2. The lowest BCUT2D eigenvalue weighted by Gasteiger charge is -2.49. The van der Waals surface area contributed by atoms with E-state index in [-0.39, 0.29) is 11.4 Å². The number of pyridine rings is 1. The Morgan fingerprint density at radius 2 is 1.79 bits per heavy atom. The van der Waals surface area contributed by atoms with Crippen LogP contribution in [0.25, 0.3) is 10.9 Å². The molecular formula is C30H36BrN4O3+. The molecule has 0 spiro atoms. The molecule has 200 valence electrons. The molecule has 2 aliphatic heterocycles. The molecular weight excluding hydrogens is 544 g/mol. The summed E-state index contributed by atoms with van der Waals surface area (Å²) in [6, 6.07) is 17.5. The lowest BCUT2D eigenvalue weighted by molar-refractivity contribution is -0.884. The molecule has 2 aliphatic rings. The first-order chi connectivity index (χ1) is 18.4. The SMILES string of the molecule is CCON=C(c1ccc(Br)cc1)C1CCN(C2(C)CCN(C(=O)c3cccc4c3ccc[n+]4O)CC2)CC1. The van der Waals surface area contributed by atoms with Crippen LogP contribution in [0.15, 0.2) is 70.4 Å². The largest absolute Gasteiger partial charge is 0.396 e. The monoisotopic (exact) mass is 579 g/mol. The fourth-order valence-corrected chi connectivity index (χ4v) is 6.17. The van der Waals surface area contributed by atoms with Gasteiger partial charge in [-0.2, -0.15) is 0 Å². The topological polar surface area (TPSA) is 69.2 Å². The molecule has 0 unspecified atom stereocenters. The minimum absolute atomic E-state index is 0.0360. The van der Waals surface area contributed by atoms with Crippen LogP contribution in [0.2, 0.25) is 0 Å². The molecule has 2 aromatic carbocycles. The van der Waals surface area contributed by atoms with Crippen molar-refractivity contribution in [1.29, 1.82) is 0 Å². The lowest BCUT2D eigenvalue weighted by Crippen LogP contribution is -2.56. The minimum Gasteiger partial charge on any atom is -0.396 e. The van der Waals surface area contributed by atoms with Gasteiger partial charge in [0.15, 0.2) is 0 Å². The van der Waals surface area contributed by atoms with Gasteiger partial charge in [-0.3, -0.25) is 14.9 Å². The summed E-state index contributed by atoms with van der Waals surface area (Å²) >= 11 is 3.53. The second-order valence-corrected chi connectivity index (χ2v) is 11.5. The number of rotatable bonds is 6. The van der Waals surface area contributed by atoms with E-state index in [9.17, 15) is 10.0 Å². The molecule has 0 saturated carbocycles. The molecule has 7 nitrogen and oxygen atoms in total. The van der Waals surface area contributed by atoms with E-state index in [0.29, 0.717) is 23.6 Å². The summed E-state index contributed by atoms with van der Waals surface area (Å²) in [5, 5.41) is 15.4. The van der Waals surface area contributed by atoms with Crippen LogP contribution in [0.3, 0.4) is 0 Å². The molecule has 38 heavy (non-hydrogen) atoms. The number of benzene rings is 2. The van der Waals surface area contributed by atoms with Crippen molar-refractivity contribution >= 4 is 38.5 Å². The number of hydrogen-bond donors (Lipinski definition) is 1. The molecule has 1 amide bonds. The van der Waals surface area contributed by atoms with Crippen molar-refractivity contribution in [3.05, 3.63) is 76.4 Å². The van der Waals surface area contributed by atoms with Crippen LogP contribution in [0.1, 0.15) is 55.5 Å². The Morgan fingerprint density at radius 3 is 2.47 bits per heavy atom. The third-order valence-electron chi connectivity index (χ3n) is 8.26. The van der Waals surface area contributed by atoms with Gasteiger partial charge in [-0.25, -0.2) is 0 Å². The van der Waals surface area contributed by atoms with Gasteiger partial charge in [0, 0.05) is 45.9 Å². The van der Waals surface area contributed by atoms with Gasteiger partial charge in [0.25, 0.3) is 11.4 Å². The Hall–Kier alpha value is -2.97. The van der Waals surface area contributed by atoms with Crippen LogP contribution in [0, 0.1) is 5.92 Å². The van der Waals surface area contributed by atoms with Gasteiger partial charge in [-0.15, -0.1) is 0 Å². The number of amides is 1. The van der Waals surface area contributed by atoms with Crippen LogP contribution >= 0.6 is 15.9 Å². The number of nitrogens with zero attached hydrogens (tertiary/aromatic N) is 4. The maximum absolute atomic E-state index is 13.5. The first-order valence-electron chi connectivity index (χ1n) is 13.5. The predicted octanol–water partition coefficient (Wildman–Crippen LogP) is 5.27. The fourth-order valence-electron chi connectivity index (χ4n) is 5.90. The summed E-state index contributed by atoms with van der Waals surface area (Å²) in [7, 11) is 0. The number of likely N-dealkylation sites (tertiary alicyclic amines) is 2. The molecule has 1 N–H and O–H groups in total. The van der Waals surface area contributed by atoms with Crippen LogP contribution < -0.4 is 4.73 Å². The summed E-state index contributed by atoms with van der Waals surface area (Å²) in [5.74, 6) is 0.402. The predicted molar refractivity (Wildman–Crippen MR) is 151 cm³/mol.